The van der Waals surface area contributed by atoms with Crippen molar-refractivity contribution in [3.8, 4) is 0 Å². The van der Waals surface area contributed by atoms with Crippen LogP contribution in [0.3, 0.4) is 0 Å². The van der Waals surface area contributed by atoms with Crippen molar-refractivity contribution < 1.29 is 0 Å². The van der Waals surface area contributed by atoms with E-state index in [2.05, 4.69) is 56.5 Å². The van der Waals surface area contributed by atoms with Crippen molar-refractivity contribution in [3.63, 3.8) is 0 Å². The second kappa shape index (κ2) is 8.31. The smallest absolute Gasteiger partial charge is 0.199 e. The van der Waals surface area contributed by atoms with E-state index < -0.39 is 0 Å². The third-order valence-corrected chi connectivity index (χ3v) is 6.10. The summed E-state index contributed by atoms with van der Waals surface area (Å²) in [7, 11) is 2.00. The van der Waals surface area contributed by atoms with Crippen LogP contribution in [0.15, 0.2) is 29.3 Å². The van der Waals surface area contributed by atoms with Crippen molar-refractivity contribution in [3.05, 3.63) is 41.5 Å². The number of para-hydroxylation sites is 1. The van der Waals surface area contributed by atoms with Gasteiger partial charge in [0.1, 0.15) is 12.4 Å². The van der Waals surface area contributed by atoms with Gasteiger partial charge in [-0.1, -0.05) is 25.1 Å². The van der Waals surface area contributed by atoms with Gasteiger partial charge in [0, 0.05) is 31.9 Å². The summed E-state index contributed by atoms with van der Waals surface area (Å²) in [6.45, 7) is 8.97. The van der Waals surface area contributed by atoms with Gasteiger partial charge < -0.3 is 14.8 Å². The van der Waals surface area contributed by atoms with Gasteiger partial charge in [0.05, 0.1) is 0 Å². The van der Waals surface area contributed by atoms with Gasteiger partial charge in [-0.15, -0.1) is 10.2 Å². The summed E-state index contributed by atoms with van der Waals surface area (Å²) in [5.74, 6) is 2.75. The SMILES string of the molecule is CCN1CCCC1CNC(=NCc1nnc(C)n1C)N1CCc2ccccc21. The van der Waals surface area contributed by atoms with Gasteiger partial charge in [-0.25, -0.2) is 4.99 Å². The summed E-state index contributed by atoms with van der Waals surface area (Å²) < 4.78 is 2.01. The van der Waals surface area contributed by atoms with E-state index in [1.807, 2.05) is 18.5 Å². The van der Waals surface area contributed by atoms with Crippen LogP contribution in [0.25, 0.3) is 0 Å². The highest BCUT2D eigenvalue weighted by atomic mass is 15.3. The molecule has 2 aliphatic heterocycles. The van der Waals surface area contributed by atoms with Gasteiger partial charge in [0.2, 0.25) is 0 Å². The molecule has 1 aromatic heterocycles. The van der Waals surface area contributed by atoms with E-state index in [9.17, 15) is 0 Å². The maximum Gasteiger partial charge on any atom is 0.199 e. The number of anilines is 1. The molecule has 0 bridgehead atoms. The quantitative estimate of drug-likeness (QED) is 0.635. The first-order valence-corrected chi connectivity index (χ1v) is 10.4. The molecule has 4 rings (SSSR count). The molecule has 1 atom stereocenters. The number of likely N-dealkylation sites (N-methyl/N-ethyl adjacent to an activating group) is 1. The van der Waals surface area contributed by atoms with Crippen LogP contribution < -0.4 is 10.2 Å². The van der Waals surface area contributed by atoms with Crippen LogP contribution >= 0.6 is 0 Å². The van der Waals surface area contributed by atoms with E-state index >= 15 is 0 Å². The van der Waals surface area contributed by atoms with Crippen molar-refractivity contribution in [2.45, 2.75) is 45.7 Å². The van der Waals surface area contributed by atoms with Crippen molar-refractivity contribution in [2.75, 3.05) is 31.1 Å². The van der Waals surface area contributed by atoms with Crippen LogP contribution in [0.5, 0.6) is 0 Å². The van der Waals surface area contributed by atoms with Crippen LogP contribution in [0.2, 0.25) is 0 Å². The standard InChI is InChI=1S/C21H31N7/c1-4-27-12-7-9-18(27)14-22-21(23-15-20-25-24-16(2)26(20)3)28-13-11-17-8-5-6-10-19(17)28/h5-6,8,10,18H,4,7,9,11-15H2,1-3H3,(H,22,23). The molecule has 1 fully saturated rings. The zero-order valence-electron chi connectivity index (χ0n) is 17.2. The highest BCUT2D eigenvalue weighted by Crippen LogP contribution is 2.27. The molecule has 1 N–H and O–H groups in total. The Morgan fingerprint density at radius 3 is 2.89 bits per heavy atom. The number of aromatic nitrogens is 3. The number of hydrogen-bond acceptors (Lipinski definition) is 4. The average molecular weight is 382 g/mol. The van der Waals surface area contributed by atoms with Crippen molar-refractivity contribution in [2.24, 2.45) is 12.0 Å². The number of benzene rings is 1. The van der Waals surface area contributed by atoms with E-state index in [1.54, 1.807) is 0 Å². The van der Waals surface area contributed by atoms with Gasteiger partial charge in [-0.3, -0.25) is 4.90 Å². The third kappa shape index (κ3) is 3.76. The summed E-state index contributed by atoms with van der Waals surface area (Å²) in [5, 5.41) is 12.1. The van der Waals surface area contributed by atoms with Crippen LogP contribution in [0.4, 0.5) is 5.69 Å². The first-order chi connectivity index (χ1) is 13.7. The Hall–Kier alpha value is -2.41. The third-order valence-electron chi connectivity index (χ3n) is 6.10. The number of likely N-dealkylation sites (tertiary alicyclic amines) is 1. The summed E-state index contributed by atoms with van der Waals surface area (Å²) in [6, 6.07) is 9.22. The summed E-state index contributed by atoms with van der Waals surface area (Å²) >= 11 is 0. The fourth-order valence-electron chi connectivity index (χ4n) is 4.28. The Morgan fingerprint density at radius 1 is 1.25 bits per heavy atom. The maximum atomic E-state index is 4.95. The highest BCUT2D eigenvalue weighted by molar-refractivity contribution is 5.98. The second-order valence-corrected chi connectivity index (χ2v) is 7.70. The van der Waals surface area contributed by atoms with Crippen molar-refractivity contribution in [1.82, 2.24) is 25.0 Å². The van der Waals surface area contributed by atoms with Crippen LogP contribution in [-0.2, 0) is 20.0 Å². The molecule has 3 heterocycles. The largest absolute Gasteiger partial charge is 0.354 e. The van der Waals surface area contributed by atoms with E-state index in [4.69, 9.17) is 4.99 Å². The summed E-state index contributed by atoms with van der Waals surface area (Å²) in [5.41, 5.74) is 2.66. The van der Waals surface area contributed by atoms with E-state index in [0.717, 1.165) is 43.7 Å². The normalized spacial score (nSPS) is 20.0. The van der Waals surface area contributed by atoms with Gasteiger partial charge in [-0.05, 0) is 50.9 Å². The Morgan fingerprint density at radius 2 is 2.11 bits per heavy atom. The van der Waals surface area contributed by atoms with E-state index in [1.165, 1.54) is 30.6 Å². The molecule has 2 aliphatic rings. The number of hydrogen-bond donors (Lipinski definition) is 1. The number of guanidine groups is 1. The predicted molar refractivity (Wildman–Crippen MR) is 113 cm³/mol. The predicted octanol–water partition coefficient (Wildman–Crippen LogP) is 2.12. The lowest BCUT2D eigenvalue weighted by Gasteiger charge is -2.27. The molecule has 7 nitrogen and oxygen atoms in total. The Bertz CT molecular complexity index is 841. The molecule has 0 amide bonds. The van der Waals surface area contributed by atoms with Crippen molar-refractivity contribution >= 4 is 11.6 Å². The lowest BCUT2D eigenvalue weighted by molar-refractivity contribution is 0.267. The topological polar surface area (TPSA) is 61.6 Å². The minimum Gasteiger partial charge on any atom is -0.354 e. The lowest BCUT2D eigenvalue weighted by Crippen LogP contribution is -2.46. The molecule has 0 spiro atoms. The molecule has 7 heteroatoms. The number of rotatable bonds is 5. The summed E-state index contributed by atoms with van der Waals surface area (Å²) in [6.07, 6.45) is 3.61. The number of nitrogens with zero attached hydrogens (tertiary/aromatic N) is 6. The first kappa shape index (κ1) is 18.9. The molecule has 2 aromatic rings. The van der Waals surface area contributed by atoms with Gasteiger partial charge >= 0.3 is 0 Å². The van der Waals surface area contributed by atoms with Crippen molar-refractivity contribution in [1.29, 1.82) is 0 Å². The minimum atomic E-state index is 0.528. The molecule has 1 saturated heterocycles. The molecule has 1 aromatic carbocycles. The molecular weight excluding hydrogens is 350 g/mol. The fourth-order valence-corrected chi connectivity index (χ4v) is 4.28. The molecule has 0 aliphatic carbocycles. The second-order valence-electron chi connectivity index (χ2n) is 7.70. The zero-order chi connectivity index (χ0) is 19.5. The highest BCUT2D eigenvalue weighted by Gasteiger charge is 2.26. The van der Waals surface area contributed by atoms with E-state index in [-0.39, 0.29) is 0 Å². The number of aliphatic imine (C=N–C) groups is 1. The zero-order valence-corrected chi connectivity index (χ0v) is 17.2. The lowest BCUT2D eigenvalue weighted by atomic mass is 10.2. The minimum absolute atomic E-state index is 0.528. The van der Waals surface area contributed by atoms with Gasteiger partial charge in [0.25, 0.3) is 0 Å². The summed E-state index contributed by atoms with van der Waals surface area (Å²) in [4.78, 5) is 9.84. The van der Waals surface area contributed by atoms with Crippen LogP contribution in [-0.4, -0.2) is 57.8 Å². The number of aryl methyl sites for hydroxylation is 1. The molecule has 0 saturated carbocycles. The number of nitrogens with one attached hydrogen (secondary N) is 1. The number of fused-ring (bicyclic) bond motifs is 1. The van der Waals surface area contributed by atoms with Crippen LogP contribution in [0, 0.1) is 6.92 Å². The van der Waals surface area contributed by atoms with Crippen LogP contribution in [0.1, 0.15) is 37.0 Å². The molecule has 150 valence electrons. The Kier molecular flexibility index (Phi) is 5.62. The van der Waals surface area contributed by atoms with Gasteiger partial charge in [0.15, 0.2) is 11.8 Å². The fraction of sp³-hybridized carbons (Fsp3) is 0.571. The monoisotopic (exact) mass is 381 g/mol. The Balaban J connectivity index is 1.54. The molecular formula is C21H31N7. The molecule has 1 unspecified atom stereocenters. The molecule has 0 radical (unpaired) electrons. The maximum absolute atomic E-state index is 4.95. The van der Waals surface area contributed by atoms with E-state index in [0.29, 0.717) is 12.6 Å². The average Bonchev–Trinajstić information content (AvgIpc) is 3.42. The Labute approximate surface area is 167 Å². The van der Waals surface area contributed by atoms with Gasteiger partial charge in [-0.2, -0.15) is 0 Å². The molecule has 28 heavy (non-hydrogen) atoms. The first-order valence-electron chi connectivity index (χ1n) is 10.4.